The van der Waals surface area contributed by atoms with Crippen LogP contribution in [0.25, 0.3) is 10.4 Å². The van der Waals surface area contributed by atoms with Crippen molar-refractivity contribution in [2.24, 2.45) is 0 Å². The number of nitrogens with zero attached hydrogens (tertiary/aromatic N) is 2. The molecule has 4 aromatic rings. The van der Waals surface area contributed by atoms with Crippen LogP contribution < -0.4 is 10.6 Å². The number of carbonyl (C=O) groups is 2. The molecule has 0 radical (unpaired) electrons. The first-order valence-electron chi connectivity index (χ1n) is 12.3. The van der Waals surface area contributed by atoms with Gasteiger partial charge in [0.1, 0.15) is 16.9 Å². The molecule has 0 bridgehead atoms. The van der Waals surface area contributed by atoms with E-state index in [4.69, 9.17) is 11.6 Å². The van der Waals surface area contributed by atoms with Gasteiger partial charge in [0.25, 0.3) is 5.91 Å². The normalized spacial score (nSPS) is 11.7. The number of halogens is 1. The molecular weight excluding hydrogens is 520 g/mol. The molecule has 196 valence electrons. The number of amides is 1. The van der Waals surface area contributed by atoms with Crippen molar-refractivity contribution in [3.8, 4) is 10.4 Å². The van der Waals surface area contributed by atoms with Gasteiger partial charge in [0.15, 0.2) is 0 Å². The lowest BCUT2D eigenvalue weighted by Crippen LogP contribution is -2.42. The van der Waals surface area contributed by atoms with Crippen LogP contribution in [0.3, 0.4) is 0 Å². The number of aromatic nitrogens is 2. The molecular formula is C29H29ClN4O3S. The number of carboxylic acids is 1. The van der Waals surface area contributed by atoms with E-state index in [0.29, 0.717) is 23.6 Å². The van der Waals surface area contributed by atoms with E-state index in [1.165, 1.54) is 0 Å². The SMILES string of the molecule is CCc1cc(Cl)cc(C)c1C(=O)NC(Cc1ccc(-c2cnc(CNc3cc(C)ccn3)s2)cc1)C(=O)O. The molecule has 4 rings (SSSR count). The van der Waals surface area contributed by atoms with Gasteiger partial charge in [-0.3, -0.25) is 4.79 Å². The third kappa shape index (κ3) is 6.76. The molecule has 1 unspecified atom stereocenters. The minimum Gasteiger partial charge on any atom is -0.480 e. The number of aryl methyl sites for hydroxylation is 3. The van der Waals surface area contributed by atoms with Crippen LogP contribution >= 0.6 is 22.9 Å². The van der Waals surface area contributed by atoms with E-state index < -0.39 is 17.9 Å². The Morgan fingerprint density at radius 3 is 2.53 bits per heavy atom. The Balaban J connectivity index is 1.41. The second-order valence-corrected chi connectivity index (χ2v) is 10.6. The van der Waals surface area contributed by atoms with Crippen molar-refractivity contribution in [1.29, 1.82) is 0 Å². The van der Waals surface area contributed by atoms with E-state index in [-0.39, 0.29) is 6.42 Å². The van der Waals surface area contributed by atoms with Crippen LogP contribution in [-0.4, -0.2) is 33.0 Å². The van der Waals surface area contributed by atoms with Gasteiger partial charge in [-0.2, -0.15) is 0 Å². The van der Waals surface area contributed by atoms with Gasteiger partial charge in [0, 0.05) is 29.4 Å². The third-order valence-electron chi connectivity index (χ3n) is 6.16. The number of benzene rings is 2. The fourth-order valence-electron chi connectivity index (χ4n) is 4.21. The summed E-state index contributed by atoms with van der Waals surface area (Å²) in [4.78, 5) is 34.8. The highest BCUT2D eigenvalue weighted by Crippen LogP contribution is 2.27. The summed E-state index contributed by atoms with van der Waals surface area (Å²) in [5.74, 6) is -0.690. The highest BCUT2D eigenvalue weighted by atomic mass is 35.5. The standard InChI is InChI=1S/C29H29ClN4O3S/c1-4-20-14-22(30)12-18(3)27(20)28(35)34-23(29(36)37)13-19-5-7-21(8-6-19)24-15-33-26(38-24)16-32-25-11-17(2)9-10-31-25/h5-12,14-15,23H,4,13,16H2,1-3H3,(H,31,32)(H,34,35)(H,36,37). The molecule has 2 aromatic carbocycles. The number of carbonyl (C=O) groups excluding carboxylic acids is 1. The lowest BCUT2D eigenvalue weighted by atomic mass is 9.98. The largest absolute Gasteiger partial charge is 0.480 e. The molecule has 0 aliphatic carbocycles. The van der Waals surface area contributed by atoms with Gasteiger partial charge < -0.3 is 15.7 Å². The Labute approximate surface area is 230 Å². The second kappa shape index (κ2) is 12.2. The highest BCUT2D eigenvalue weighted by Gasteiger charge is 2.23. The van der Waals surface area contributed by atoms with Crippen LogP contribution in [0, 0.1) is 13.8 Å². The van der Waals surface area contributed by atoms with Crippen LogP contribution in [0.1, 0.15) is 44.5 Å². The molecule has 1 atom stereocenters. The van der Waals surface area contributed by atoms with Gasteiger partial charge >= 0.3 is 5.97 Å². The van der Waals surface area contributed by atoms with E-state index in [0.717, 1.165) is 43.5 Å². The van der Waals surface area contributed by atoms with Crippen LogP contribution in [0.4, 0.5) is 5.82 Å². The molecule has 0 aliphatic heterocycles. The highest BCUT2D eigenvalue weighted by molar-refractivity contribution is 7.15. The predicted octanol–water partition coefficient (Wildman–Crippen LogP) is 6.08. The van der Waals surface area contributed by atoms with Crippen molar-refractivity contribution in [2.75, 3.05) is 5.32 Å². The summed E-state index contributed by atoms with van der Waals surface area (Å²) >= 11 is 7.72. The molecule has 0 aliphatic rings. The van der Waals surface area contributed by atoms with E-state index in [1.807, 2.05) is 56.4 Å². The molecule has 1 amide bonds. The van der Waals surface area contributed by atoms with Crippen molar-refractivity contribution in [2.45, 2.75) is 46.2 Å². The van der Waals surface area contributed by atoms with Gasteiger partial charge in [-0.1, -0.05) is 42.8 Å². The van der Waals surface area contributed by atoms with E-state index in [1.54, 1.807) is 36.6 Å². The summed E-state index contributed by atoms with van der Waals surface area (Å²) in [6, 6.07) is 14.0. The van der Waals surface area contributed by atoms with Crippen molar-refractivity contribution in [3.63, 3.8) is 0 Å². The first-order valence-corrected chi connectivity index (χ1v) is 13.5. The maximum absolute atomic E-state index is 13.0. The van der Waals surface area contributed by atoms with E-state index in [2.05, 4.69) is 20.6 Å². The molecule has 0 saturated heterocycles. The van der Waals surface area contributed by atoms with Crippen LogP contribution in [-0.2, 0) is 24.2 Å². The average molecular weight is 549 g/mol. The fraction of sp³-hybridized carbons (Fsp3) is 0.241. The third-order valence-corrected chi connectivity index (χ3v) is 7.43. The smallest absolute Gasteiger partial charge is 0.326 e. The summed E-state index contributed by atoms with van der Waals surface area (Å²) in [5.41, 5.74) is 4.92. The fourth-order valence-corrected chi connectivity index (χ4v) is 5.37. The quantitative estimate of drug-likeness (QED) is 0.222. The number of hydrogen-bond donors (Lipinski definition) is 3. The van der Waals surface area contributed by atoms with Crippen molar-refractivity contribution >= 4 is 40.6 Å². The van der Waals surface area contributed by atoms with Crippen LogP contribution in [0.2, 0.25) is 5.02 Å². The Morgan fingerprint density at radius 1 is 1.08 bits per heavy atom. The van der Waals surface area contributed by atoms with Gasteiger partial charge in [0.05, 0.1) is 11.4 Å². The summed E-state index contributed by atoms with van der Waals surface area (Å²) < 4.78 is 0. The average Bonchev–Trinajstić information content (AvgIpc) is 3.36. The minimum absolute atomic E-state index is 0.163. The molecule has 2 heterocycles. The number of thiazole rings is 1. The number of anilines is 1. The summed E-state index contributed by atoms with van der Waals surface area (Å²) in [7, 11) is 0. The Morgan fingerprint density at radius 2 is 1.84 bits per heavy atom. The zero-order chi connectivity index (χ0) is 27.2. The monoisotopic (exact) mass is 548 g/mol. The molecule has 0 spiro atoms. The number of aliphatic carboxylic acids is 1. The molecule has 38 heavy (non-hydrogen) atoms. The number of rotatable bonds is 10. The number of hydrogen-bond acceptors (Lipinski definition) is 6. The number of nitrogens with one attached hydrogen (secondary N) is 2. The van der Waals surface area contributed by atoms with Crippen molar-refractivity contribution in [3.05, 3.63) is 98.8 Å². The van der Waals surface area contributed by atoms with Crippen molar-refractivity contribution < 1.29 is 14.7 Å². The molecule has 0 fully saturated rings. The zero-order valence-corrected chi connectivity index (χ0v) is 23.0. The molecule has 2 aromatic heterocycles. The van der Waals surface area contributed by atoms with E-state index in [9.17, 15) is 14.7 Å². The summed E-state index contributed by atoms with van der Waals surface area (Å²) in [6.45, 7) is 6.33. The molecule has 3 N–H and O–H groups in total. The number of pyridine rings is 1. The van der Waals surface area contributed by atoms with Gasteiger partial charge in [-0.15, -0.1) is 11.3 Å². The maximum Gasteiger partial charge on any atom is 0.326 e. The van der Waals surface area contributed by atoms with Crippen LogP contribution in [0.15, 0.2) is 60.9 Å². The van der Waals surface area contributed by atoms with Crippen molar-refractivity contribution in [1.82, 2.24) is 15.3 Å². The topological polar surface area (TPSA) is 104 Å². The molecule has 9 heteroatoms. The Bertz CT molecular complexity index is 1450. The predicted molar refractivity (Wildman–Crippen MR) is 152 cm³/mol. The maximum atomic E-state index is 13.0. The lowest BCUT2D eigenvalue weighted by molar-refractivity contribution is -0.139. The molecule has 7 nitrogen and oxygen atoms in total. The van der Waals surface area contributed by atoms with Crippen LogP contribution in [0.5, 0.6) is 0 Å². The Hall–Kier alpha value is -3.75. The van der Waals surface area contributed by atoms with Gasteiger partial charge in [-0.25, -0.2) is 14.8 Å². The summed E-state index contributed by atoms with van der Waals surface area (Å²) in [5, 5.41) is 17.3. The second-order valence-electron chi connectivity index (χ2n) is 9.07. The molecule has 0 saturated carbocycles. The first-order chi connectivity index (χ1) is 18.2. The van der Waals surface area contributed by atoms with Gasteiger partial charge in [0.2, 0.25) is 0 Å². The Kier molecular flexibility index (Phi) is 8.76. The van der Waals surface area contributed by atoms with E-state index >= 15 is 0 Å². The minimum atomic E-state index is -1.09. The lowest BCUT2D eigenvalue weighted by Gasteiger charge is -2.18. The van der Waals surface area contributed by atoms with Gasteiger partial charge in [-0.05, 0) is 72.4 Å². The summed E-state index contributed by atoms with van der Waals surface area (Å²) in [6.07, 6.45) is 4.38. The first kappa shape index (κ1) is 27.3. The zero-order valence-electron chi connectivity index (χ0n) is 21.4. The number of carboxylic acid groups (broad SMARTS) is 1.